The molecule has 1 aromatic carbocycles. The largest absolute Gasteiger partial charge is 0.424 e. The van der Waals surface area contributed by atoms with E-state index in [-0.39, 0.29) is 11.8 Å². The molecule has 0 bridgehead atoms. The predicted molar refractivity (Wildman–Crippen MR) is 56.2 cm³/mol. The van der Waals surface area contributed by atoms with Crippen molar-refractivity contribution in [2.45, 2.75) is 0 Å². The lowest BCUT2D eigenvalue weighted by Crippen LogP contribution is -1.92. The van der Waals surface area contributed by atoms with Crippen LogP contribution in [0.4, 0.5) is 8.78 Å². The van der Waals surface area contributed by atoms with Crippen molar-refractivity contribution in [3.63, 3.8) is 0 Å². The second kappa shape index (κ2) is 4.52. The van der Waals surface area contributed by atoms with Crippen LogP contribution in [0, 0.1) is 11.6 Å². The fourth-order valence-corrected chi connectivity index (χ4v) is 1.49. The number of hydrogen-bond donors (Lipinski definition) is 0. The number of benzene rings is 1. The topological polar surface area (TPSA) is 35.0 Å². The van der Waals surface area contributed by atoms with E-state index < -0.39 is 11.6 Å². The molecule has 0 unspecified atom stereocenters. The second-order valence-electron chi connectivity index (χ2n) is 2.89. The first-order valence-corrected chi connectivity index (χ1v) is 5.04. The van der Waals surface area contributed by atoms with E-state index in [1.807, 2.05) is 0 Å². The van der Waals surface area contributed by atoms with Crippen LogP contribution in [0.15, 0.2) is 35.1 Å². The van der Waals surface area contributed by atoms with Gasteiger partial charge in [-0.1, -0.05) is 15.9 Å². The summed E-state index contributed by atoms with van der Waals surface area (Å²) >= 11 is 3.12. The van der Waals surface area contributed by atoms with E-state index in [9.17, 15) is 8.78 Å². The van der Waals surface area contributed by atoms with Gasteiger partial charge in [0.05, 0.1) is 12.4 Å². The third-order valence-corrected chi connectivity index (χ3v) is 2.10. The molecule has 0 N–H and O–H groups in total. The Morgan fingerprint density at radius 3 is 2.31 bits per heavy atom. The standard InChI is InChI=1S/C10H5BrF2N2O/c11-6-1-7(12)3-9(2-6)16-10-14-4-8(13)5-15-10/h1-5H. The zero-order valence-electron chi connectivity index (χ0n) is 7.82. The molecule has 0 radical (unpaired) electrons. The maximum absolute atomic E-state index is 13.0. The monoisotopic (exact) mass is 286 g/mol. The highest BCUT2D eigenvalue weighted by Crippen LogP contribution is 2.23. The van der Waals surface area contributed by atoms with Crippen molar-refractivity contribution in [3.05, 3.63) is 46.7 Å². The molecule has 2 rings (SSSR count). The van der Waals surface area contributed by atoms with Crippen LogP contribution >= 0.6 is 15.9 Å². The molecule has 0 atom stereocenters. The summed E-state index contributed by atoms with van der Waals surface area (Å²) in [4.78, 5) is 7.17. The minimum atomic E-state index is -0.562. The van der Waals surface area contributed by atoms with Crippen molar-refractivity contribution in [2.24, 2.45) is 0 Å². The lowest BCUT2D eigenvalue weighted by atomic mass is 10.3. The first kappa shape index (κ1) is 10.9. The van der Waals surface area contributed by atoms with Crippen molar-refractivity contribution < 1.29 is 13.5 Å². The van der Waals surface area contributed by atoms with E-state index in [0.717, 1.165) is 12.4 Å². The van der Waals surface area contributed by atoms with Crippen LogP contribution in [0.25, 0.3) is 0 Å². The van der Waals surface area contributed by atoms with Crippen LogP contribution in [0.2, 0.25) is 0 Å². The fourth-order valence-electron chi connectivity index (χ4n) is 1.05. The van der Waals surface area contributed by atoms with Gasteiger partial charge >= 0.3 is 6.01 Å². The summed E-state index contributed by atoms with van der Waals surface area (Å²) in [5.74, 6) is -0.780. The summed E-state index contributed by atoms with van der Waals surface area (Å²) in [6.07, 6.45) is 1.94. The van der Waals surface area contributed by atoms with Crippen LogP contribution in [0.1, 0.15) is 0 Å². The van der Waals surface area contributed by atoms with Crippen LogP contribution in [-0.2, 0) is 0 Å². The first-order valence-electron chi connectivity index (χ1n) is 4.25. The zero-order valence-corrected chi connectivity index (χ0v) is 9.41. The molecule has 82 valence electrons. The lowest BCUT2D eigenvalue weighted by molar-refractivity contribution is 0.432. The summed E-state index contributed by atoms with van der Waals surface area (Å²) < 4.78 is 31.2. The van der Waals surface area contributed by atoms with Crippen LogP contribution < -0.4 is 4.74 Å². The Morgan fingerprint density at radius 2 is 1.69 bits per heavy atom. The summed E-state index contributed by atoms with van der Waals surface area (Å²) in [7, 11) is 0. The Labute approximate surface area is 98.2 Å². The van der Waals surface area contributed by atoms with Crippen molar-refractivity contribution >= 4 is 15.9 Å². The molecule has 0 saturated carbocycles. The number of hydrogen-bond acceptors (Lipinski definition) is 3. The molecular weight excluding hydrogens is 282 g/mol. The third-order valence-electron chi connectivity index (χ3n) is 1.64. The van der Waals surface area contributed by atoms with E-state index in [1.165, 1.54) is 12.1 Å². The quantitative estimate of drug-likeness (QED) is 0.850. The summed E-state index contributed by atoms with van der Waals surface area (Å²) in [6, 6.07) is 3.98. The summed E-state index contributed by atoms with van der Waals surface area (Å²) in [5, 5.41) is 0. The van der Waals surface area contributed by atoms with Gasteiger partial charge in [0, 0.05) is 10.5 Å². The average Bonchev–Trinajstić information content (AvgIpc) is 2.20. The number of rotatable bonds is 2. The lowest BCUT2D eigenvalue weighted by Gasteiger charge is -2.03. The van der Waals surface area contributed by atoms with Gasteiger partial charge in [0.2, 0.25) is 0 Å². The Hall–Kier alpha value is -1.56. The van der Waals surface area contributed by atoms with Gasteiger partial charge in [-0.3, -0.25) is 0 Å². The van der Waals surface area contributed by atoms with Gasteiger partial charge in [-0.15, -0.1) is 0 Å². The van der Waals surface area contributed by atoms with Crippen molar-refractivity contribution in [3.8, 4) is 11.8 Å². The smallest absolute Gasteiger partial charge is 0.322 e. The van der Waals surface area contributed by atoms with Crippen LogP contribution in [0.5, 0.6) is 11.8 Å². The van der Waals surface area contributed by atoms with Gasteiger partial charge < -0.3 is 4.74 Å². The Kier molecular flexibility index (Phi) is 3.09. The van der Waals surface area contributed by atoms with E-state index in [2.05, 4.69) is 25.9 Å². The SMILES string of the molecule is Fc1cnc(Oc2cc(F)cc(Br)c2)nc1. The van der Waals surface area contributed by atoms with E-state index >= 15 is 0 Å². The van der Waals surface area contributed by atoms with Gasteiger partial charge in [0.15, 0.2) is 5.82 Å². The molecule has 0 fully saturated rings. The second-order valence-corrected chi connectivity index (χ2v) is 3.81. The number of nitrogens with zero attached hydrogens (tertiary/aromatic N) is 2. The number of aromatic nitrogens is 2. The molecule has 6 heteroatoms. The number of halogens is 3. The highest BCUT2D eigenvalue weighted by molar-refractivity contribution is 9.10. The molecule has 0 saturated heterocycles. The predicted octanol–water partition coefficient (Wildman–Crippen LogP) is 3.31. The molecule has 0 aliphatic heterocycles. The molecule has 16 heavy (non-hydrogen) atoms. The normalized spacial score (nSPS) is 10.2. The maximum Gasteiger partial charge on any atom is 0.322 e. The van der Waals surface area contributed by atoms with Gasteiger partial charge in [-0.2, -0.15) is 0 Å². The van der Waals surface area contributed by atoms with E-state index in [4.69, 9.17) is 4.74 Å². The maximum atomic E-state index is 13.0. The number of ether oxygens (including phenoxy) is 1. The Bertz CT molecular complexity index is 484. The van der Waals surface area contributed by atoms with Crippen molar-refractivity contribution in [1.29, 1.82) is 0 Å². The van der Waals surface area contributed by atoms with Crippen molar-refractivity contribution in [2.75, 3.05) is 0 Å². The molecule has 3 nitrogen and oxygen atoms in total. The molecule has 1 heterocycles. The molecule has 1 aromatic heterocycles. The minimum Gasteiger partial charge on any atom is -0.424 e. The molecule has 0 aliphatic rings. The highest BCUT2D eigenvalue weighted by Gasteiger charge is 2.03. The first-order chi connectivity index (χ1) is 7.63. The molecular formula is C10H5BrF2N2O. The molecule has 0 spiro atoms. The van der Waals surface area contributed by atoms with Crippen molar-refractivity contribution in [1.82, 2.24) is 9.97 Å². The highest BCUT2D eigenvalue weighted by atomic mass is 79.9. The van der Waals surface area contributed by atoms with Gasteiger partial charge in [0.1, 0.15) is 11.6 Å². The molecule has 2 aromatic rings. The summed E-state index contributed by atoms with van der Waals surface area (Å²) in [6.45, 7) is 0. The van der Waals surface area contributed by atoms with Crippen LogP contribution in [-0.4, -0.2) is 9.97 Å². The third kappa shape index (κ3) is 2.73. The molecule has 0 amide bonds. The van der Waals surface area contributed by atoms with E-state index in [0.29, 0.717) is 4.47 Å². The van der Waals surface area contributed by atoms with Gasteiger partial charge in [-0.05, 0) is 12.1 Å². The fraction of sp³-hybridized carbons (Fsp3) is 0. The zero-order chi connectivity index (χ0) is 11.5. The summed E-state index contributed by atoms with van der Waals surface area (Å²) in [5.41, 5.74) is 0. The molecule has 0 aliphatic carbocycles. The van der Waals surface area contributed by atoms with E-state index in [1.54, 1.807) is 6.07 Å². The van der Waals surface area contributed by atoms with Gasteiger partial charge in [0.25, 0.3) is 0 Å². The Balaban J connectivity index is 2.23. The van der Waals surface area contributed by atoms with Gasteiger partial charge in [-0.25, -0.2) is 18.7 Å². The minimum absolute atomic E-state index is 0.0427. The van der Waals surface area contributed by atoms with Crippen LogP contribution in [0.3, 0.4) is 0 Å². The Morgan fingerprint density at radius 1 is 1.00 bits per heavy atom. The average molecular weight is 287 g/mol.